The summed E-state index contributed by atoms with van der Waals surface area (Å²) in [4.78, 5) is 8.92. The molecule has 1 aromatic heterocycles. The number of ether oxygens (including phenoxy) is 1. The number of benzene rings is 1. The minimum absolute atomic E-state index is 0.396. The highest BCUT2D eigenvalue weighted by Crippen LogP contribution is 2.19. The van der Waals surface area contributed by atoms with E-state index in [1.165, 1.54) is 5.01 Å². The van der Waals surface area contributed by atoms with E-state index in [-0.39, 0.29) is 0 Å². The van der Waals surface area contributed by atoms with E-state index in [2.05, 4.69) is 34.5 Å². The number of aromatic nitrogens is 1. The maximum Gasteiger partial charge on any atom is 0.193 e. The van der Waals surface area contributed by atoms with Crippen molar-refractivity contribution in [2.45, 2.75) is 26.2 Å². The molecule has 1 heterocycles. The molecule has 0 aliphatic rings. The van der Waals surface area contributed by atoms with Gasteiger partial charge in [-0.3, -0.25) is 4.99 Å². The molecule has 1 aromatic carbocycles. The Morgan fingerprint density at radius 2 is 2.27 bits per heavy atom. The van der Waals surface area contributed by atoms with Crippen molar-refractivity contribution in [3.05, 3.63) is 40.3 Å². The van der Waals surface area contributed by atoms with Crippen molar-refractivity contribution >= 4 is 23.0 Å². The van der Waals surface area contributed by atoms with E-state index >= 15 is 0 Å². The molecule has 0 aliphatic carbocycles. The third kappa shape index (κ3) is 4.73. The van der Waals surface area contributed by atoms with Crippen LogP contribution in [0.4, 0.5) is 5.69 Å². The van der Waals surface area contributed by atoms with Gasteiger partial charge in [-0.15, -0.1) is 11.3 Å². The van der Waals surface area contributed by atoms with Crippen molar-refractivity contribution in [3.8, 4) is 5.75 Å². The molecule has 2 rings (SSSR count). The minimum Gasteiger partial charge on any atom is -0.497 e. The Balaban J connectivity index is 1.86. The van der Waals surface area contributed by atoms with E-state index in [1.54, 1.807) is 18.4 Å². The largest absolute Gasteiger partial charge is 0.497 e. The number of rotatable bonds is 6. The number of methoxy groups -OCH3 is 1. The molecule has 0 saturated heterocycles. The quantitative estimate of drug-likeness (QED) is 0.633. The maximum atomic E-state index is 5.90. The average Bonchev–Trinajstić information content (AvgIpc) is 2.96. The Morgan fingerprint density at radius 3 is 2.95 bits per heavy atom. The van der Waals surface area contributed by atoms with Gasteiger partial charge in [-0.1, -0.05) is 19.9 Å². The first kappa shape index (κ1) is 16.3. The van der Waals surface area contributed by atoms with E-state index in [0.29, 0.717) is 18.4 Å². The Bertz CT molecular complexity index is 637. The van der Waals surface area contributed by atoms with Crippen molar-refractivity contribution in [2.75, 3.05) is 19.0 Å². The van der Waals surface area contributed by atoms with Gasteiger partial charge in [-0.25, -0.2) is 4.98 Å². The lowest BCUT2D eigenvalue weighted by Crippen LogP contribution is -2.23. The first-order valence-electron chi connectivity index (χ1n) is 7.23. The summed E-state index contributed by atoms with van der Waals surface area (Å²) in [5, 5.41) is 6.32. The lowest BCUT2D eigenvalue weighted by molar-refractivity contribution is 0.415. The van der Waals surface area contributed by atoms with E-state index in [4.69, 9.17) is 10.5 Å². The lowest BCUT2D eigenvalue weighted by Gasteiger charge is -2.07. The molecule has 0 saturated carbocycles. The number of hydrogen-bond donors (Lipinski definition) is 2. The van der Waals surface area contributed by atoms with Crippen molar-refractivity contribution in [1.29, 1.82) is 0 Å². The van der Waals surface area contributed by atoms with Crippen molar-refractivity contribution in [2.24, 2.45) is 10.7 Å². The molecular weight excluding hydrogens is 296 g/mol. The normalized spacial score (nSPS) is 11.7. The van der Waals surface area contributed by atoms with Crippen LogP contribution in [0.5, 0.6) is 5.75 Å². The first-order valence-corrected chi connectivity index (χ1v) is 8.11. The Kier molecular flexibility index (Phi) is 5.77. The second-order valence-electron chi connectivity index (χ2n) is 5.21. The predicted molar refractivity (Wildman–Crippen MR) is 93.0 cm³/mol. The van der Waals surface area contributed by atoms with Crippen LogP contribution >= 0.6 is 11.3 Å². The highest BCUT2D eigenvalue weighted by Gasteiger charge is 2.05. The molecule has 5 nitrogen and oxygen atoms in total. The monoisotopic (exact) mass is 318 g/mol. The number of guanidine groups is 1. The van der Waals surface area contributed by atoms with Crippen LogP contribution in [-0.4, -0.2) is 24.6 Å². The van der Waals surface area contributed by atoms with Crippen molar-refractivity contribution < 1.29 is 4.74 Å². The molecule has 2 aromatic rings. The number of nitrogens with two attached hydrogens (primary N) is 1. The first-order chi connectivity index (χ1) is 10.6. The number of aliphatic imine (C=N–C) groups is 1. The fraction of sp³-hybridized carbons (Fsp3) is 0.375. The summed E-state index contributed by atoms with van der Waals surface area (Å²) >= 11 is 1.70. The predicted octanol–water partition coefficient (Wildman–Crippen LogP) is 3.24. The Labute approximate surface area is 135 Å². The van der Waals surface area contributed by atoms with Crippen LogP contribution in [-0.2, 0) is 6.42 Å². The maximum absolute atomic E-state index is 5.90. The third-order valence-corrected chi connectivity index (χ3v) is 4.25. The van der Waals surface area contributed by atoms with Crippen molar-refractivity contribution in [3.63, 3.8) is 0 Å². The molecule has 0 fully saturated rings. The molecule has 0 unspecified atom stereocenters. The topological polar surface area (TPSA) is 72.5 Å². The Morgan fingerprint density at radius 1 is 1.45 bits per heavy atom. The molecule has 0 amide bonds. The van der Waals surface area contributed by atoms with E-state index in [1.807, 2.05) is 24.3 Å². The van der Waals surface area contributed by atoms with E-state index < -0.39 is 0 Å². The number of hydrogen-bond acceptors (Lipinski definition) is 4. The average molecular weight is 318 g/mol. The summed E-state index contributed by atoms with van der Waals surface area (Å²) in [6.45, 7) is 4.91. The lowest BCUT2D eigenvalue weighted by atomic mass is 10.2. The molecule has 0 aliphatic heterocycles. The van der Waals surface area contributed by atoms with Crippen LogP contribution in [0.1, 0.15) is 30.5 Å². The number of nitrogens with zero attached hydrogens (tertiary/aromatic N) is 2. The van der Waals surface area contributed by atoms with Crippen LogP contribution in [0.15, 0.2) is 34.6 Å². The highest BCUT2D eigenvalue weighted by atomic mass is 32.1. The van der Waals surface area contributed by atoms with Gasteiger partial charge in [0.05, 0.1) is 17.8 Å². The second-order valence-corrected chi connectivity index (χ2v) is 6.10. The fourth-order valence-electron chi connectivity index (χ4n) is 1.88. The van der Waals surface area contributed by atoms with Crippen LogP contribution in [0.2, 0.25) is 0 Å². The SMILES string of the molecule is COc1cccc(NC(N)=NCCc2csc(C(C)C)n2)c1. The molecule has 118 valence electrons. The zero-order valence-corrected chi connectivity index (χ0v) is 14.0. The van der Waals surface area contributed by atoms with Gasteiger partial charge in [0.15, 0.2) is 5.96 Å². The Hall–Kier alpha value is -2.08. The summed E-state index contributed by atoms with van der Waals surface area (Å²) in [6, 6.07) is 7.57. The minimum atomic E-state index is 0.396. The zero-order chi connectivity index (χ0) is 15.9. The number of thiazole rings is 1. The van der Waals surface area contributed by atoms with Crippen molar-refractivity contribution in [1.82, 2.24) is 4.98 Å². The van der Waals surface area contributed by atoms with Gasteiger partial charge in [-0.05, 0) is 12.1 Å². The zero-order valence-electron chi connectivity index (χ0n) is 13.2. The standard InChI is InChI=1S/C16H22N4OS/c1-11(2)15-19-13(10-22-15)7-8-18-16(17)20-12-5-4-6-14(9-12)21-3/h4-6,9-11H,7-8H2,1-3H3,(H3,17,18,20). The molecule has 6 heteroatoms. The molecule has 0 bridgehead atoms. The summed E-state index contributed by atoms with van der Waals surface area (Å²) < 4.78 is 5.17. The van der Waals surface area contributed by atoms with Gasteiger partial charge in [-0.2, -0.15) is 0 Å². The summed E-state index contributed by atoms with van der Waals surface area (Å²) in [6.07, 6.45) is 0.795. The van der Waals surface area contributed by atoms with E-state index in [9.17, 15) is 0 Å². The smallest absolute Gasteiger partial charge is 0.193 e. The van der Waals surface area contributed by atoms with Crippen LogP contribution in [0.3, 0.4) is 0 Å². The van der Waals surface area contributed by atoms with Crippen LogP contribution in [0.25, 0.3) is 0 Å². The number of anilines is 1. The van der Waals surface area contributed by atoms with Gasteiger partial charge in [0, 0.05) is 36.0 Å². The molecule has 3 N–H and O–H groups in total. The van der Waals surface area contributed by atoms with Crippen LogP contribution in [0, 0.1) is 0 Å². The summed E-state index contributed by atoms with van der Waals surface area (Å²) in [5.41, 5.74) is 7.83. The number of nitrogens with one attached hydrogen (secondary N) is 1. The third-order valence-electron chi connectivity index (χ3n) is 3.06. The summed E-state index contributed by atoms with van der Waals surface area (Å²) in [5.74, 6) is 1.65. The highest BCUT2D eigenvalue weighted by molar-refractivity contribution is 7.09. The molecule has 0 atom stereocenters. The fourth-order valence-corrected chi connectivity index (χ4v) is 2.75. The van der Waals surface area contributed by atoms with Gasteiger partial charge in [0.25, 0.3) is 0 Å². The second kappa shape index (κ2) is 7.79. The van der Waals surface area contributed by atoms with Gasteiger partial charge in [0.1, 0.15) is 5.75 Å². The molecule has 0 radical (unpaired) electrons. The van der Waals surface area contributed by atoms with Gasteiger partial charge < -0.3 is 15.8 Å². The molecule has 0 spiro atoms. The van der Waals surface area contributed by atoms with E-state index in [0.717, 1.165) is 23.6 Å². The molecule has 22 heavy (non-hydrogen) atoms. The molecular formula is C16H22N4OS. The van der Waals surface area contributed by atoms with Gasteiger partial charge >= 0.3 is 0 Å². The van der Waals surface area contributed by atoms with Gasteiger partial charge in [0.2, 0.25) is 0 Å². The van der Waals surface area contributed by atoms with Crippen LogP contribution < -0.4 is 15.8 Å². The summed E-state index contributed by atoms with van der Waals surface area (Å²) in [7, 11) is 1.63.